The van der Waals surface area contributed by atoms with Crippen molar-refractivity contribution in [1.29, 1.82) is 0 Å². The van der Waals surface area contributed by atoms with E-state index in [2.05, 4.69) is 24.1 Å². The second kappa shape index (κ2) is 5.89. The molecule has 2 aliphatic rings. The normalized spacial score (nSPS) is 29.9. The Morgan fingerprint density at radius 3 is 2.71 bits per heavy atom. The fourth-order valence-corrected chi connectivity index (χ4v) is 5.24. The summed E-state index contributed by atoms with van der Waals surface area (Å²) in [5, 5.41) is -0.214. The van der Waals surface area contributed by atoms with Crippen LogP contribution in [0.1, 0.15) is 28.4 Å². The highest BCUT2D eigenvalue weighted by Crippen LogP contribution is 2.38. The van der Waals surface area contributed by atoms with Crippen LogP contribution in [0.25, 0.3) is 0 Å². The van der Waals surface area contributed by atoms with Crippen molar-refractivity contribution in [3.8, 4) is 0 Å². The maximum atomic E-state index is 12.3. The van der Waals surface area contributed by atoms with Gasteiger partial charge in [0.2, 0.25) is 5.91 Å². The van der Waals surface area contributed by atoms with E-state index >= 15 is 0 Å². The zero-order valence-electron chi connectivity index (χ0n) is 12.4. The van der Waals surface area contributed by atoms with Gasteiger partial charge in [-0.3, -0.25) is 9.00 Å². The Morgan fingerprint density at radius 2 is 2.00 bits per heavy atom. The van der Waals surface area contributed by atoms with Crippen LogP contribution in [0.3, 0.4) is 0 Å². The summed E-state index contributed by atoms with van der Waals surface area (Å²) in [6.07, 6.45) is 2.71. The van der Waals surface area contributed by atoms with E-state index in [9.17, 15) is 9.00 Å². The minimum absolute atomic E-state index is 0.214. The highest BCUT2D eigenvalue weighted by molar-refractivity contribution is 7.85. The molecule has 3 atom stereocenters. The van der Waals surface area contributed by atoms with Gasteiger partial charge in [-0.15, -0.1) is 0 Å². The first-order chi connectivity index (χ1) is 10.1. The predicted molar refractivity (Wildman–Crippen MR) is 84.4 cm³/mol. The Kier molecular flexibility index (Phi) is 4.13. The number of hydrogen-bond donors (Lipinski definition) is 1. The van der Waals surface area contributed by atoms with Crippen LogP contribution in [-0.2, 0) is 28.4 Å². The van der Waals surface area contributed by atoms with Crippen molar-refractivity contribution in [1.82, 2.24) is 4.90 Å². The van der Waals surface area contributed by atoms with Crippen molar-refractivity contribution in [3.63, 3.8) is 0 Å². The first-order valence-corrected chi connectivity index (χ1v) is 8.91. The lowest BCUT2D eigenvalue weighted by Gasteiger charge is -2.18. The molecule has 1 aromatic rings. The van der Waals surface area contributed by atoms with E-state index in [1.54, 1.807) is 0 Å². The van der Waals surface area contributed by atoms with E-state index in [1.807, 2.05) is 6.07 Å². The molecule has 0 radical (unpaired) electrons. The minimum Gasteiger partial charge on any atom is -0.369 e. The van der Waals surface area contributed by atoms with Crippen molar-refractivity contribution in [2.75, 3.05) is 25.9 Å². The molecule has 0 saturated carbocycles. The Balaban J connectivity index is 1.93. The van der Waals surface area contributed by atoms with Crippen molar-refractivity contribution in [3.05, 3.63) is 34.9 Å². The quantitative estimate of drug-likeness (QED) is 0.887. The number of carbonyl (C=O) groups is 1. The number of rotatable bonds is 2. The Bertz CT molecular complexity index is 588. The van der Waals surface area contributed by atoms with Gasteiger partial charge in [-0.25, -0.2) is 0 Å². The number of benzene rings is 1. The zero-order chi connectivity index (χ0) is 15.0. The van der Waals surface area contributed by atoms with Gasteiger partial charge in [-0.1, -0.05) is 18.2 Å². The number of fused-ring (bicyclic) bond motifs is 1. The van der Waals surface area contributed by atoms with E-state index in [1.165, 1.54) is 11.1 Å². The van der Waals surface area contributed by atoms with Gasteiger partial charge in [0.05, 0.1) is 11.2 Å². The second-order valence-electron chi connectivity index (χ2n) is 6.13. The molecule has 1 fully saturated rings. The summed E-state index contributed by atoms with van der Waals surface area (Å²) in [7, 11) is 1.16. The molecule has 0 aliphatic carbocycles. The van der Waals surface area contributed by atoms with E-state index in [-0.39, 0.29) is 17.1 Å². The monoisotopic (exact) mass is 306 g/mol. The molecule has 0 spiro atoms. The third kappa shape index (κ3) is 2.90. The molecule has 4 nitrogen and oxygen atoms in total. The summed E-state index contributed by atoms with van der Waals surface area (Å²) >= 11 is 0. The third-order valence-corrected chi connectivity index (χ3v) is 6.53. The first-order valence-electron chi connectivity index (χ1n) is 7.53. The molecule has 21 heavy (non-hydrogen) atoms. The highest BCUT2D eigenvalue weighted by atomic mass is 32.2. The lowest BCUT2D eigenvalue weighted by Crippen LogP contribution is -2.26. The number of amides is 1. The van der Waals surface area contributed by atoms with Gasteiger partial charge in [0.15, 0.2) is 0 Å². The Labute approximate surface area is 128 Å². The number of nitrogens with two attached hydrogens (primary N) is 1. The van der Waals surface area contributed by atoms with Crippen LogP contribution in [0.2, 0.25) is 0 Å². The van der Waals surface area contributed by atoms with Crippen LogP contribution in [-0.4, -0.2) is 40.9 Å². The predicted octanol–water partition coefficient (Wildman–Crippen LogP) is 1.01. The van der Waals surface area contributed by atoms with Gasteiger partial charge in [-0.2, -0.15) is 0 Å². The molecule has 5 heteroatoms. The number of nitrogens with zero attached hydrogens (tertiary/aromatic N) is 1. The van der Waals surface area contributed by atoms with Crippen molar-refractivity contribution in [2.24, 2.45) is 11.7 Å². The molecule has 2 heterocycles. The van der Waals surface area contributed by atoms with Gasteiger partial charge < -0.3 is 10.6 Å². The number of likely N-dealkylation sites (N-methyl/N-ethyl adjacent to an activating group) is 1. The largest absolute Gasteiger partial charge is 0.369 e. The molecule has 0 bridgehead atoms. The Hall–Kier alpha value is -1.20. The zero-order valence-corrected chi connectivity index (χ0v) is 13.2. The number of hydrogen-bond acceptors (Lipinski definition) is 3. The molecule has 2 N–H and O–H groups in total. The van der Waals surface area contributed by atoms with Crippen LogP contribution in [0.4, 0.5) is 0 Å². The van der Waals surface area contributed by atoms with Crippen LogP contribution in [0.5, 0.6) is 0 Å². The molecule has 1 saturated heterocycles. The smallest absolute Gasteiger partial charge is 0.222 e. The standard InChI is InChI=1S/C16H22N2O2S/c1-18-7-4-11-2-3-13(10-12(11)5-8-18)15-14(16(17)19)6-9-21(15)20/h2-3,10,14-15H,4-9H2,1H3,(H2,17,19). The van der Waals surface area contributed by atoms with Crippen molar-refractivity contribution < 1.29 is 9.00 Å². The molecule has 2 aliphatic heterocycles. The summed E-state index contributed by atoms with van der Waals surface area (Å²) in [5.74, 6) is -0.0178. The maximum absolute atomic E-state index is 12.3. The number of carbonyl (C=O) groups excluding carboxylic acids is 1. The fraction of sp³-hybridized carbons (Fsp3) is 0.562. The average molecular weight is 306 g/mol. The molecule has 1 aromatic carbocycles. The van der Waals surface area contributed by atoms with Gasteiger partial charge >= 0.3 is 0 Å². The minimum atomic E-state index is -0.986. The van der Waals surface area contributed by atoms with Crippen molar-refractivity contribution in [2.45, 2.75) is 24.5 Å². The Morgan fingerprint density at radius 1 is 1.29 bits per heavy atom. The van der Waals surface area contributed by atoms with Gasteiger partial charge in [0.1, 0.15) is 0 Å². The third-order valence-electron chi connectivity index (χ3n) is 4.73. The molecular weight excluding hydrogens is 284 g/mol. The van der Waals surface area contributed by atoms with E-state index in [0.717, 1.165) is 31.5 Å². The van der Waals surface area contributed by atoms with Crippen LogP contribution >= 0.6 is 0 Å². The molecule has 114 valence electrons. The average Bonchev–Trinajstić information content (AvgIpc) is 2.75. The molecular formula is C16H22N2O2S. The lowest BCUT2D eigenvalue weighted by molar-refractivity contribution is -0.121. The van der Waals surface area contributed by atoms with Gasteiger partial charge in [0.25, 0.3) is 0 Å². The summed E-state index contributed by atoms with van der Waals surface area (Å²) in [4.78, 5) is 13.9. The fourth-order valence-electron chi connectivity index (χ4n) is 3.41. The molecule has 0 aromatic heterocycles. The molecule has 3 rings (SSSR count). The topological polar surface area (TPSA) is 63.4 Å². The number of primary amides is 1. The van der Waals surface area contributed by atoms with Gasteiger partial charge in [-0.05, 0) is 43.0 Å². The first kappa shape index (κ1) is 14.7. The molecule has 3 unspecified atom stereocenters. The van der Waals surface area contributed by atoms with Crippen LogP contribution < -0.4 is 5.73 Å². The van der Waals surface area contributed by atoms with E-state index < -0.39 is 10.8 Å². The SMILES string of the molecule is CN1CCc2ccc(C3C(C(N)=O)CCS3=O)cc2CC1. The second-order valence-corrected chi connectivity index (χ2v) is 7.81. The van der Waals surface area contributed by atoms with Crippen LogP contribution in [0, 0.1) is 5.92 Å². The highest BCUT2D eigenvalue weighted by Gasteiger charge is 2.38. The summed E-state index contributed by atoms with van der Waals surface area (Å²) in [6.45, 7) is 2.12. The van der Waals surface area contributed by atoms with E-state index in [4.69, 9.17) is 5.73 Å². The van der Waals surface area contributed by atoms with Crippen molar-refractivity contribution >= 4 is 16.7 Å². The molecule has 1 amide bonds. The lowest BCUT2D eigenvalue weighted by atomic mass is 9.92. The van der Waals surface area contributed by atoms with Gasteiger partial charge in [0, 0.05) is 29.6 Å². The summed E-state index contributed by atoms with van der Waals surface area (Å²) < 4.78 is 12.3. The summed E-state index contributed by atoms with van der Waals surface area (Å²) in [6, 6.07) is 6.36. The van der Waals surface area contributed by atoms with Crippen LogP contribution in [0.15, 0.2) is 18.2 Å². The summed E-state index contributed by atoms with van der Waals surface area (Å²) in [5.41, 5.74) is 9.23. The van der Waals surface area contributed by atoms with E-state index in [0.29, 0.717) is 12.2 Å². The maximum Gasteiger partial charge on any atom is 0.222 e.